The number of nitrogens with one attached hydrogen (secondary N) is 1. The molecule has 0 spiro atoms. The number of pyridine rings is 1. The third-order valence-corrected chi connectivity index (χ3v) is 5.93. The molecule has 3 aromatic rings. The van der Waals surface area contributed by atoms with Gasteiger partial charge in [-0.2, -0.15) is 0 Å². The minimum Gasteiger partial charge on any atom is -0.497 e. The minimum atomic E-state index is -0.487. The van der Waals surface area contributed by atoms with E-state index in [1.54, 1.807) is 13.3 Å². The molecule has 1 N–H and O–H groups in total. The Kier molecular flexibility index (Phi) is 7.33. The number of halogens is 1. The van der Waals surface area contributed by atoms with Crippen LogP contribution in [0.15, 0.2) is 54.7 Å². The van der Waals surface area contributed by atoms with E-state index in [1.807, 2.05) is 48.5 Å². The zero-order chi connectivity index (χ0) is 21.6. The number of carbonyl (C=O) groups excluding carboxylic acids is 1. The van der Waals surface area contributed by atoms with Gasteiger partial charge in [0.1, 0.15) is 5.75 Å². The number of hydrogen-bond donors (Lipinski definition) is 1. The molecule has 1 amide bonds. The summed E-state index contributed by atoms with van der Waals surface area (Å²) in [6.07, 6.45) is 5.90. The van der Waals surface area contributed by atoms with Crippen LogP contribution in [0.5, 0.6) is 5.75 Å². The summed E-state index contributed by atoms with van der Waals surface area (Å²) in [4.78, 5) is 18.1. The molecular formula is C25H29ClN2O2. The van der Waals surface area contributed by atoms with Crippen molar-refractivity contribution in [1.82, 2.24) is 4.98 Å². The Bertz CT molecular complexity index is 996. The Morgan fingerprint density at radius 2 is 1.77 bits per heavy atom. The Labute approximate surface area is 183 Å². The lowest BCUT2D eigenvalue weighted by atomic mass is 9.73. The van der Waals surface area contributed by atoms with Crippen LogP contribution < -0.4 is 10.1 Å². The predicted octanol–water partition coefficient (Wildman–Crippen LogP) is 6.66. The number of hydrogen-bond acceptors (Lipinski definition) is 3. The third kappa shape index (κ3) is 4.76. The van der Waals surface area contributed by atoms with Crippen molar-refractivity contribution in [3.8, 4) is 5.75 Å². The standard InChI is InChI=1S/C25H29ClN2O2/c1-4-14-25(15-5-2,17-18-8-10-19(30-3)11-9-18)24(29)28-22-13-12-21(26)20-7-6-16-27-23(20)22/h6-13,16H,4-5,14-15,17H2,1-3H3,(H,28,29). The molecular weight excluding hydrogens is 396 g/mol. The molecule has 1 heterocycles. The Balaban J connectivity index is 1.95. The molecule has 0 fully saturated rings. The molecule has 0 saturated carbocycles. The molecule has 0 aliphatic heterocycles. The smallest absolute Gasteiger partial charge is 0.230 e. The fraction of sp³-hybridized carbons (Fsp3) is 0.360. The summed E-state index contributed by atoms with van der Waals surface area (Å²) in [6.45, 7) is 4.26. The quantitative estimate of drug-likeness (QED) is 0.417. The van der Waals surface area contributed by atoms with Gasteiger partial charge in [-0.3, -0.25) is 9.78 Å². The van der Waals surface area contributed by atoms with E-state index in [1.165, 1.54) is 0 Å². The number of benzene rings is 2. The number of amides is 1. The number of ether oxygens (including phenoxy) is 1. The highest BCUT2D eigenvalue weighted by Gasteiger charge is 2.37. The second-order valence-corrected chi connectivity index (χ2v) is 8.16. The first-order valence-corrected chi connectivity index (χ1v) is 10.9. The Morgan fingerprint density at radius 3 is 2.40 bits per heavy atom. The van der Waals surface area contributed by atoms with Crippen LogP contribution in [0.25, 0.3) is 10.9 Å². The van der Waals surface area contributed by atoms with E-state index < -0.39 is 5.41 Å². The molecule has 5 heteroatoms. The molecule has 0 atom stereocenters. The minimum absolute atomic E-state index is 0.0382. The van der Waals surface area contributed by atoms with Gasteiger partial charge in [-0.15, -0.1) is 0 Å². The topological polar surface area (TPSA) is 51.2 Å². The second kappa shape index (κ2) is 9.94. The highest BCUT2D eigenvalue weighted by molar-refractivity contribution is 6.36. The first-order chi connectivity index (χ1) is 14.5. The number of rotatable bonds is 9. The average molecular weight is 425 g/mol. The van der Waals surface area contributed by atoms with E-state index in [2.05, 4.69) is 24.1 Å². The van der Waals surface area contributed by atoms with Crippen molar-refractivity contribution in [2.24, 2.45) is 5.41 Å². The summed E-state index contributed by atoms with van der Waals surface area (Å²) in [5, 5.41) is 4.65. The number of methoxy groups -OCH3 is 1. The van der Waals surface area contributed by atoms with Crippen LogP contribution in [0.1, 0.15) is 45.1 Å². The van der Waals surface area contributed by atoms with E-state index in [-0.39, 0.29) is 5.91 Å². The van der Waals surface area contributed by atoms with Crippen LogP contribution >= 0.6 is 11.6 Å². The molecule has 1 aromatic heterocycles. The highest BCUT2D eigenvalue weighted by Crippen LogP contribution is 2.37. The highest BCUT2D eigenvalue weighted by atomic mass is 35.5. The Hall–Kier alpha value is -2.59. The largest absolute Gasteiger partial charge is 0.497 e. The predicted molar refractivity (Wildman–Crippen MR) is 124 cm³/mol. The van der Waals surface area contributed by atoms with Gasteiger partial charge in [-0.25, -0.2) is 0 Å². The van der Waals surface area contributed by atoms with Crippen molar-refractivity contribution in [3.63, 3.8) is 0 Å². The fourth-order valence-corrected chi connectivity index (χ4v) is 4.41. The zero-order valence-corrected chi connectivity index (χ0v) is 18.6. The molecule has 0 unspecified atom stereocenters. The van der Waals surface area contributed by atoms with E-state index in [0.717, 1.165) is 42.4 Å². The van der Waals surface area contributed by atoms with Crippen molar-refractivity contribution in [1.29, 1.82) is 0 Å². The number of nitrogens with zero attached hydrogens (tertiary/aromatic N) is 1. The molecule has 2 aromatic carbocycles. The third-order valence-electron chi connectivity index (χ3n) is 5.61. The van der Waals surface area contributed by atoms with Crippen LogP contribution in [0.2, 0.25) is 5.02 Å². The molecule has 0 bridgehead atoms. The van der Waals surface area contributed by atoms with Gasteiger partial charge in [-0.05, 0) is 61.2 Å². The van der Waals surface area contributed by atoms with Crippen LogP contribution in [-0.4, -0.2) is 18.0 Å². The second-order valence-electron chi connectivity index (χ2n) is 7.75. The number of aromatic nitrogens is 1. The molecule has 0 aliphatic rings. The maximum atomic E-state index is 13.7. The van der Waals surface area contributed by atoms with Gasteiger partial charge < -0.3 is 10.1 Å². The lowest BCUT2D eigenvalue weighted by Gasteiger charge is -2.32. The SMILES string of the molecule is CCCC(CCC)(Cc1ccc(OC)cc1)C(=O)Nc1ccc(Cl)c2cccnc12. The van der Waals surface area contributed by atoms with Crippen molar-refractivity contribution < 1.29 is 9.53 Å². The van der Waals surface area contributed by atoms with Gasteiger partial charge in [0, 0.05) is 11.6 Å². The van der Waals surface area contributed by atoms with Crippen LogP contribution in [-0.2, 0) is 11.2 Å². The molecule has 0 saturated heterocycles. The summed E-state index contributed by atoms with van der Waals surface area (Å²) in [6, 6.07) is 15.4. The van der Waals surface area contributed by atoms with Gasteiger partial charge in [0.25, 0.3) is 0 Å². The first kappa shape index (κ1) is 22.1. The molecule has 0 aliphatic carbocycles. The lowest BCUT2D eigenvalue weighted by Crippen LogP contribution is -2.38. The summed E-state index contributed by atoms with van der Waals surface area (Å²) in [5.41, 5.74) is 2.06. The molecule has 158 valence electrons. The van der Waals surface area contributed by atoms with E-state index in [0.29, 0.717) is 22.6 Å². The van der Waals surface area contributed by atoms with E-state index in [9.17, 15) is 4.79 Å². The van der Waals surface area contributed by atoms with Gasteiger partial charge in [0.15, 0.2) is 0 Å². The van der Waals surface area contributed by atoms with Crippen molar-refractivity contribution >= 4 is 34.1 Å². The van der Waals surface area contributed by atoms with Crippen LogP contribution in [0, 0.1) is 5.41 Å². The maximum absolute atomic E-state index is 13.7. The first-order valence-electron chi connectivity index (χ1n) is 10.5. The Morgan fingerprint density at radius 1 is 1.07 bits per heavy atom. The number of fused-ring (bicyclic) bond motifs is 1. The number of anilines is 1. The monoisotopic (exact) mass is 424 g/mol. The molecule has 30 heavy (non-hydrogen) atoms. The maximum Gasteiger partial charge on any atom is 0.230 e. The fourth-order valence-electron chi connectivity index (χ4n) is 4.19. The molecule has 4 nitrogen and oxygen atoms in total. The van der Waals surface area contributed by atoms with Crippen molar-refractivity contribution in [2.75, 3.05) is 12.4 Å². The zero-order valence-electron chi connectivity index (χ0n) is 17.9. The van der Waals surface area contributed by atoms with Crippen molar-refractivity contribution in [2.45, 2.75) is 46.0 Å². The summed E-state index contributed by atoms with van der Waals surface area (Å²) in [7, 11) is 1.66. The van der Waals surface area contributed by atoms with Crippen molar-refractivity contribution in [3.05, 3.63) is 65.3 Å². The molecule has 0 radical (unpaired) electrons. The summed E-state index contributed by atoms with van der Waals surface area (Å²) < 4.78 is 5.27. The lowest BCUT2D eigenvalue weighted by molar-refractivity contribution is -0.126. The van der Waals surface area contributed by atoms with Gasteiger partial charge in [-0.1, -0.05) is 50.4 Å². The van der Waals surface area contributed by atoms with Gasteiger partial charge in [0.2, 0.25) is 5.91 Å². The number of carbonyl (C=O) groups is 1. The van der Waals surface area contributed by atoms with Gasteiger partial charge >= 0.3 is 0 Å². The molecule has 3 rings (SSSR count). The van der Waals surface area contributed by atoms with Crippen LogP contribution in [0.3, 0.4) is 0 Å². The van der Waals surface area contributed by atoms with Crippen LogP contribution in [0.4, 0.5) is 5.69 Å². The summed E-state index contributed by atoms with van der Waals surface area (Å²) >= 11 is 6.32. The van der Waals surface area contributed by atoms with E-state index in [4.69, 9.17) is 16.3 Å². The summed E-state index contributed by atoms with van der Waals surface area (Å²) in [5.74, 6) is 0.856. The average Bonchev–Trinajstić information content (AvgIpc) is 2.76. The van der Waals surface area contributed by atoms with E-state index >= 15 is 0 Å². The van der Waals surface area contributed by atoms with Gasteiger partial charge in [0.05, 0.1) is 28.8 Å². The normalized spacial score (nSPS) is 11.5.